The predicted molar refractivity (Wildman–Crippen MR) is 52.1 cm³/mol. The van der Waals surface area contributed by atoms with Gasteiger partial charge in [-0.2, -0.15) is 0 Å². The van der Waals surface area contributed by atoms with Gasteiger partial charge in [0.25, 0.3) is 5.91 Å². The topological polar surface area (TPSA) is 131 Å². The maximum Gasteiger partial charge on any atom is 0.329 e. The standard InChI is InChI=1S/C8H9N3O6/c12-6(3-16-4-7(13)14)11-8(15)10-5-1-9-17-2-5/h1-2H,3-4H2,(H,13,14)(H2,10,11,12,15). The van der Waals surface area contributed by atoms with Crippen molar-refractivity contribution in [2.45, 2.75) is 0 Å². The number of carboxylic acids is 1. The summed E-state index contributed by atoms with van der Waals surface area (Å²) in [5.41, 5.74) is 0.279. The molecule has 17 heavy (non-hydrogen) atoms. The van der Waals surface area contributed by atoms with Crippen LogP contribution in [0, 0.1) is 0 Å². The van der Waals surface area contributed by atoms with Crippen molar-refractivity contribution in [2.24, 2.45) is 0 Å². The Morgan fingerprint density at radius 2 is 2.18 bits per heavy atom. The molecule has 0 bridgehead atoms. The first kappa shape index (κ1) is 12.6. The molecule has 0 aliphatic carbocycles. The van der Waals surface area contributed by atoms with Gasteiger partial charge in [-0.1, -0.05) is 5.16 Å². The number of carbonyl (C=O) groups excluding carboxylic acids is 2. The van der Waals surface area contributed by atoms with Crippen LogP contribution in [-0.4, -0.2) is 41.4 Å². The van der Waals surface area contributed by atoms with Crippen LogP contribution in [-0.2, 0) is 14.3 Å². The Bertz CT molecular complexity index is 401. The van der Waals surface area contributed by atoms with E-state index in [1.54, 1.807) is 0 Å². The number of carbonyl (C=O) groups is 3. The molecule has 1 aromatic rings. The number of rotatable bonds is 5. The average molecular weight is 243 g/mol. The summed E-state index contributed by atoms with van der Waals surface area (Å²) >= 11 is 0. The van der Waals surface area contributed by atoms with E-state index in [1.165, 1.54) is 12.5 Å². The first-order valence-corrected chi connectivity index (χ1v) is 4.37. The molecule has 9 nitrogen and oxygen atoms in total. The number of aliphatic carboxylic acids is 1. The second-order valence-corrected chi connectivity index (χ2v) is 2.80. The van der Waals surface area contributed by atoms with Crippen LogP contribution in [0.25, 0.3) is 0 Å². The minimum Gasteiger partial charge on any atom is -0.480 e. The molecule has 0 aliphatic rings. The molecule has 0 fully saturated rings. The van der Waals surface area contributed by atoms with Crippen molar-refractivity contribution < 1.29 is 28.8 Å². The van der Waals surface area contributed by atoms with E-state index in [2.05, 4.69) is 19.7 Å². The molecular weight excluding hydrogens is 234 g/mol. The van der Waals surface area contributed by atoms with Gasteiger partial charge in [-0.3, -0.25) is 10.1 Å². The lowest BCUT2D eigenvalue weighted by Gasteiger charge is -2.04. The second-order valence-electron chi connectivity index (χ2n) is 2.80. The van der Waals surface area contributed by atoms with Crippen molar-refractivity contribution in [1.82, 2.24) is 10.5 Å². The van der Waals surface area contributed by atoms with Gasteiger partial charge in [0, 0.05) is 0 Å². The van der Waals surface area contributed by atoms with E-state index in [1.807, 2.05) is 5.32 Å². The normalized spacial score (nSPS) is 9.65. The van der Waals surface area contributed by atoms with Gasteiger partial charge in [0.1, 0.15) is 25.2 Å². The zero-order valence-electron chi connectivity index (χ0n) is 8.50. The molecule has 1 rings (SSSR count). The summed E-state index contributed by atoms with van der Waals surface area (Å²) in [5, 5.41) is 15.7. The quantitative estimate of drug-likeness (QED) is 0.630. The van der Waals surface area contributed by atoms with Crippen molar-refractivity contribution in [2.75, 3.05) is 18.5 Å². The molecule has 0 unspecified atom stereocenters. The third-order valence-corrected chi connectivity index (χ3v) is 1.40. The molecule has 0 spiro atoms. The van der Waals surface area contributed by atoms with Gasteiger partial charge in [-0.15, -0.1) is 0 Å². The first-order chi connectivity index (χ1) is 8.08. The van der Waals surface area contributed by atoms with Gasteiger partial charge in [0.15, 0.2) is 0 Å². The molecule has 3 N–H and O–H groups in total. The highest BCUT2D eigenvalue weighted by Crippen LogP contribution is 2.02. The maximum absolute atomic E-state index is 11.1. The summed E-state index contributed by atoms with van der Waals surface area (Å²) < 4.78 is 8.91. The number of urea groups is 1. The van der Waals surface area contributed by atoms with Crippen molar-refractivity contribution in [3.8, 4) is 0 Å². The number of ether oxygens (including phenoxy) is 1. The summed E-state index contributed by atoms with van der Waals surface area (Å²) in [5.74, 6) is -1.97. The molecule has 1 aromatic heterocycles. The van der Waals surface area contributed by atoms with E-state index in [0.29, 0.717) is 0 Å². The molecule has 9 heteroatoms. The summed E-state index contributed by atoms with van der Waals surface area (Å²) in [7, 11) is 0. The van der Waals surface area contributed by atoms with Gasteiger partial charge in [-0.05, 0) is 0 Å². The predicted octanol–water partition coefficient (Wildman–Crippen LogP) is -0.576. The van der Waals surface area contributed by atoms with Crippen LogP contribution < -0.4 is 10.6 Å². The lowest BCUT2D eigenvalue weighted by atomic mass is 10.5. The fourth-order valence-corrected chi connectivity index (χ4v) is 0.823. The number of nitrogens with one attached hydrogen (secondary N) is 2. The van der Waals surface area contributed by atoms with Crippen molar-refractivity contribution >= 4 is 23.6 Å². The molecule has 1 heterocycles. The third kappa shape index (κ3) is 5.28. The molecule has 92 valence electrons. The number of imide groups is 1. The first-order valence-electron chi connectivity index (χ1n) is 4.37. The Hall–Kier alpha value is -2.42. The highest BCUT2D eigenvalue weighted by Gasteiger charge is 2.09. The monoisotopic (exact) mass is 243 g/mol. The fraction of sp³-hybridized carbons (Fsp3) is 0.250. The maximum atomic E-state index is 11.1. The number of amides is 3. The molecule has 0 aromatic carbocycles. The Labute approximate surface area is 94.7 Å². The molecular formula is C8H9N3O6. The van der Waals surface area contributed by atoms with Crippen LogP contribution in [0.5, 0.6) is 0 Å². The van der Waals surface area contributed by atoms with Crippen LogP contribution in [0.4, 0.5) is 10.5 Å². The Balaban J connectivity index is 2.22. The van der Waals surface area contributed by atoms with Gasteiger partial charge < -0.3 is 19.7 Å². The lowest BCUT2D eigenvalue weighted by molar-refractivity contribution is -0.143. The summed E-state index contributed by atoms with van der Waals surface area (Å²) in [6.45, 7) is -1.13. The molecule has 0 atom stereocenters. The second kappa shape index (κ2) is 6.23. The zero-order valence-corrected chi connectivity index (χ0v) is 8.50. The summed E-state index contributed by atoms with van der Waals surface area (Å²) in [4.78, 5) is 32.2. The van der Waals surface area contributed by atoms with Crippen LogP contribution in [0.1, 0.15) is 0 Å². The van der Waals surface area contributed by atoms with E-state index in [4.69, 9.17) is 5.11 Å². The van der Waals surface area contributed by atoms with Crippen LogP contribution in [0.15, 0.2) is 17.0 Å². The smallest absolute Gasteiger partial charge is 0.329 e. The van der Waals surface area contributed by atoms with E-state index in [-0.39, 0.29) is 5.69 Å². The summed E-state index contributed by atoms with van der Waals surface area (Å²) in [6, 6.07) is -0.794. The highest BCUT2D eigenvalue weighted by atomic mass is 16.5. The fourth-order valence-electron chi connectivity index (χ4n) is 0.823. The summed E-state index contributed by atoms with van der Waals surface area (Å²) in [6.07, 6.45) is 2.41. The van der Waals surface area contributed by atoms with Crippen molar-refractivity contribution in [3.05, 3.63) is 12.5 Å². The molecule has 3 amide bonds. The largest absolute Gasteiger partial charge is 0.480 e. The van der Waals surface area contributed by atoms with Crippen LogP contribution in [0.3, 0.4) is 0 Å². The van der Waals surface area contributed by atoms with Gasteiger partial charge in [0.05, 0.1) is 6.20 Å². The number of nitrogens with zero attached hydrogens (tertiary/aromatic N) is 1. The molecule has 0 saturated carbocycles. The Morgan fingerprint density at radius 3 is 2.76 bits per heavy atom. The Kier molecular flexibility index (Phi) is 4.63. The molecule has 0 saturated heterocycles. The Morgan fingerprint density at radius 1 is 1.41 bits per heavy atom. The van der Waals surface area contributed by atoms with E-state index < -0.39 is 31.1 Å². The zero-order chi connectivity index (χ0) is 12.7. The molecule has 0 radical (unpaired) electrons. The van der Waals surface area contributed by atoms with Gasteiger partial charge >= 0.3 is 12.0 Å². The lowest BCUT2D eigenvalue weighted by Crippen LogP contribution is -2.37. The van der Waals surface area contributed by atoms with Crippen LogP contribution in [0.2, 0.25) is 0 Å². The number of anilines is 1. The van der Waals surface area contributed by atoms with Gasteiger partial charge in [0.2, 0.25) is 0 Å². The number of aromatic nitrogens is 1. The van der Waals surface area contributed by atoms with E-state index in [9.17, 15) is 14.4 Å². The minimum absolute atomic E-state index is 0.279. The number of hydrogen-bond acceptors (Lipinski definition) is 6. The highest BCUT2D eigenvalue weighted by molar-refractivity contribution is 6.01. The van der Waals surface area contributed by atoms with E-state index >= 15 is 0 Å². The third-order valence-electron chi connectivity index (χ3n) is 1.40. The average Bonchev–Trinajstić information content (AvgIpc) is 2.69. The van der Waals surface area contributed by atoms with Gasteiger partial charge in [-0.25, -0.2) is 9.59 Å². The van der Waals surface area contributed by atoms with E-state index in [0.717, 1.165) is 0 Å². The number of carboxylic acid groups (broad SMARTS) is 1. The SMILES string of the molecule is O=C(O)COCC(=O)NC(=O)Nc1cnoc1. The molecule has 0 aliphatic heterocycles. The van der Waals surface area contributed by atoms with Crippen molar-refractivity contribution in [1.29, 1.82) is 0 Å². The van der Waals surface area contributed by atoms with Crippen molar-refractivity contribution in [3.63, 3.8) is 0 Å². The number of hydrogen-bond donors (Lipinski definition) is 3. The minimum atomic E-state index is -1.20. The van der Waals surface area contributed by atoms with Crippen LogP contribution >= 0.6 is 0 Å².